The maximum absolute atomic E-state index is 12.1. The van der Waals surface area contributed by atoms with E-state index in [1.54, 1.807) is 25.2 Å². The first-order valence-corrected chi connectivity index (χ1v) is 9.45. The van der Waals surface area contributed by atoms with Gasteiger partial charge in [-0.3, -0.25) is 4.79 Å². The van der Waals surface area contributed by atoms with Gasteiger partial charge in [-0.2, -0.15) is 0 Å². The molecule has 8 nitrogen and oxygen atoms in total. The molecule has 1 aromatic heterocycles. The van der Waals surface area contributed by atoms with Gasteiger partial charge in [0.15, 0.2) is 0 Å². The van der Waals surface area contributed by atoms with Gasteiger partial charge >= 0.3 is 0 Å². The molecule has 0 radical (unpaired) electrons. The van der Waals surface area contributed by atoms with Crippen LogP contribution >= 0.6 is 0 Å². The number of hydrogen-bond donors (Lipinski definition) is 5. The van der Waals surface area contributed by atoms with Crippen molar-refractivity contribution in [2.24, 2.45) is 0 Å². The summed E-state index contributed by atoms with van der Waals surface area (Å²) >= 11 is 0. The Labute approximate surface area is 167 Å². The summed E-state index contributed by atoms with van der Waals surface area (Å²) in [6.07, 6.45) is -3.19. The maximum atomic E-state index is 12.1. The topological polar surface area (TPSA) is 128 Å². The minimum Gasteiger partial charge on any atom is -0.394 e. The van der Waals surface area contributed by atoms with Crippen LogP contribution in [0.25, 0.3) is 22.4 Å². The quantitative estimate of drug-likeness (QED) is 0.449. The molecule has 152 valence electrons. The highest BCUT2D eigenvalue weighted by Crippen LogP contribution is 2.34. The standard InChI is InChI=1S/C21H23N3O5/c1-22-21(28)14-6-3-7-15-17(14)24-20(23-15)12-5-2-4-11(8-12)19-18(27)16(26)9-13(10-25)29-19/h2-8,13,16,18-19,25-27H,9-10H2,1H3,(H,22,28)(H,23,24). The van der Waals surface area contributed by atoms with Gasteiger partial charge in [-0.15, -0.1) is 0 Å². The smallest absolute Gasteiger partial charge is 0.253 e. The second-order valence-corrected chi connectivity index (χ2v) is 7.15. The van der Waals surface area contributed by atoms with Crippen molar-refractivity contribution >= 4 is 16.9 Å². The number of hydrogen-bond acceptors (Lipinski definition) is 6. The molecule has 0 saturated carbocycles. The van der Waals surface area contributed by atoms with E-state index in [0.717, 1.165) is 11.1 Å². The van der Waals surface area contributed by atoms with E-state index >= 15 is 0 Å². The van der Waals surface area contributed by atoms with Crippen LogP contribution in [0.5, 0.6) is 0 Å². The molecular weight excluding hydrogens is 374 g/mol. The summed E-state index contributed by atoms with van der Waals surface area (Å²) in [7, 11) is 1.57. The van der Waals surface area contributed by atoms with Gasteiger partial charge in [-0.25, -0.2) is 4.98 Å². The minimum atomic E-state index is -1.09. The molecule has 1 aliphatic heterocycles. The van der Waals surface area contributed by atoms with Crippen LogP contribution < -0.4 is 5.32 Å². The number of H-pyrrole nitrogens is 1. The number of amides is 1. The SMILES string of the molecule is CNC(=O)c1cccc2[nH]c(-c3cccc(C4OC(CO)CC(O)C4O)c3)nc12. The summed E-state index contributed by atoms with van der Waals surface area (Å²) in [6.45, 7) is -0.230. The van der Waals surface area contributed by atoms with E-state index in [1.807, 2.05) is 24.3 Å². The maximum Gasteiger partial charge on any atom is 0.253 e. The van der Waals surface area contributed by atoms with E-state index in [-0.39, 0.29) is 18.9 Å². The van der Waals surface area contributed by atoms with Crippen molar-refractivity contribution in [2.75, 3.05) is 13.7 Å². The Bertz CT molecular complexity index is 1030. The third kappa shape index (κ3) is 3.63. The Morgan fingerprint density at radius 1 is 1.28 bits per heavy atom. The molecule has 0 spiro atoms. The molecule has 8 heteroatoms. The van der Waals surface area contributed by atoms with Crippen LogP contribution in [0, 0.1) is 0 Å². The Morgan fingerprint density at radius 3 is 2.83 bits per heavy atom. The lowest BCUT2D eigenvalue weighted by Gasteiger charge is -2.36. The summed E-state index contributed by atoms with van der Waals surface area (Å²) in [5.41, 5.74) is 3.19. The molecule has 1 fully saturated rings. The molecule has 1 saturated heterocycles. The highest BCUT2D eigenvalue weighted by Gasteiger charge is 2.37. The lowest BCUT2D eigenvalue weighted by molar-refractivity contribution is -0.179. The lowest BCUT2D eigenvalue weighted by atomic mass is 9.92. The summed E-state index contributed by atoms with van der Waals surface area (Å²) in [6, 6.07) is 12.6. The number of aliphatic hydroxyl groups is 3. The third-order valence-corrected chi connectivity index (χ3v) is 5.22. The molecule has 1 amide bonds. The van der Waals surface area contributed by atoms with E-state index in [9.17, 15) is 20.1 Å². The van der Waals surface area contributed by atoms with E-state index in [1.165, 1.54) is 0 Å². The number of nitrogens with zero attached hydrogens (tertiary/aromatic N) is 1. The van der Waals surface area contributed by atoms with Crippen LogP contribution in [-0.4, -0.2) is 63.2 Å². The number of nitrogens with one attached hydrogen (secondary N) is 2. The molecule has 3 aromatic rings. The van der Waals surface area contributed by atoms with Crippen LogP contribution in [-0.2, 0) is 4.74 Å². The number of fused-ring (bicyclic) bond motifs is 1. The van der Waals surface area contributed by atoms with Gasteiger partial charge in [0.1, 0.15) is 23.5 Å². The van der Waals surface area contributed by atoms with Crippen molar-refractivity contribution < 1.29 is 24.9 Å². The number of para-hydroxylation sites is 1. The number of aromatic nitrogens is 2. The first-order chi connectivity index (χ1) is 14.0. The van der Waals surface area contributed by atoms with Gasteiger partial charge in [-0.1, -0.05) is 24.3 Å². The highest BCUT2D eigenvalue weighted by atomic mass is 16.5. The van der Waals surface area contributed by atoms with Gasteiger partial charge < -0.3 is 30.4 Å². The Morgan fingerprint density at radius 2 is 2.07 bits per heavy atom. The molecule has 2 aromatic carbocycles. The van der Waals surface area contributed by atoms with Gasteiger partial charge in [-0.05, 0) is 23.8 Å². The predicted octanol–water partition coefficient (Wildman–Crippen LogP) is 1.13. The molecule has 0 aliphatic carbocycles. The Hall–Kier alpha value is -2.78. The van der Waals surface area contributed by atoms with Crippen molar-refractivity contribution in [3.05, 3.63) is 53.6 Å². The molecule has 4 rings (SSSR count). The zero-order valence-corrected chi connectivity index (χ0v) is 15.9. The first-order valence-electron chi connectivity index (χ1n) is 9.45. The fourth-order valence-corrected chi connectivity index (χ4v) is 3.70. The average Bonchev–Trinajstić information content (AvgIpc) is 3.19. The van der Waals surface area contributed by atoms with Crippen LogP contribution in [0.4, 0.5) is 0 Å². The predicted molar refractivity (Wildman–Crippen MR) is 106 cm³/mol. The fraction of sp³-hybridized carbons (Fsp3) is 0.333. The van der Waals surface area contributed by atoms with Crippen LogP contribution in [0.2, 0.25) is 0 Å². The molecule has 29 heavy (non-hydrogen) atoms. The fourth-order valence-electron chi connectivity index (χ4n) is 3.70. The Kier molecular flexibility index (Phi) is 5.33. The molecule has 0 bridgehead atoms. The molecule has 1 aliphatic rings. The third-order valence-electron chi connectivity index (χ3n) is 5.22. The molecule has 2 heterocycles. The van der Waals surface area contributed by atoms with E-state index < -0.39 is 24.4 Å². The van der Waals surface area contributed by atoms with E-state index in [4.69, 9.17) is 4.74 Å². The normalized spacial score (nSPS) is 24.6. The molecule has 4 unspecified atom stereocenters. The van der Waals surface area contributed by atoms with Crippen molar-refractivity contribution in [1.29, 1.82) is 0 Å². The van der Waals surface area contributed by atoms with Crippen LogP contribution in [0.1, 0.15) is 28.4 Å². The number of benzene rings is 2. The van der Waals surface area contributed by atoms with E-state index in [0.29, 0.717) is 22.5 Å². The number of carbonyl (C=O) groups excluding carboxylic acids is 1. The van der Waals surface area contributed by atoms with Crippen LogP contribution in [0.3, 0.4) is 0 Å². The van der Waals surface area contributed by atoms with Gasteiger partial charge in [0.2, 0.25) is 0 Å². The second kappa shape index (κ2) is 7.92. The van der Waals surface area contributed by atoms with Gasteiger partial charge in [0.05, 0.1) is 29.9 Å². The summed E-state index contributed by atoms with van der Waals surface area (Å²) in [5.74, 6) is 0.355. The Balaban J connectivity index is 1.71. The van der Waals surface area contributed by atoms with Gasteiger partial charge in [0.25, 0.3) is 5.91 Å². The van der Waals surface area contributed by atoms with Crippen molar-refractivity contribution in [3.8, 4) is 11.4 Å². The summed E-state index contributed by atoms with van der Waals surface area (Å²) in [4.78, 5) is 19.9. The van der Waals surface area contributed by atoms with Crippen molar-refractivity contribution in [3.63, 3.8) is 0 Å². The number of aromatic amines is 1. The van der Waals surface area contributed by atoms with Crippen LogP contribution in [0.15, 0.2) is 42.5 Å². The minimum absolute atomic E-state index is 0.180. The number of rotatable bonds is 4. The monoisotopic (exact) mass is 397 g/mol. The van der Waals surface area contributed by atoms with Gasteiger partial charge in [0, 0.05) is 19.0 Å². The lowest BCUT2D eigenvalue weighted by Crippen LogP contribution is -2.44. The van der Waals surface area contributed by atoms with Crippen molar-refractivity contribution in [1.82, 2.24) is 15.3 Å². The summed E-state index contributed by atoms with van der Waals surface area (Å²) < 4.78 is 5.78. The zero-order chi connectivity index (χ0) is 20.5. The zero-order valence-electron chi connectivity index (χ0n) is 15.9. The number of carbonyl (C=O) groups is 1. The summed E-state index contributed by atoms with van der Waals surface area (Å²) in [5, 5.41) is 32.5. The van der Waals surface area contributed by atoms with E-state index in [2.05, 4.69) is 15.3 Å². The average molecular weight is 397 g/mol. The molecule has 5 N–H and O–H groups in total. The number of aliphatic hydroxyl groups excluding tert-OH is 3. The first kappa shape index (κ1) is 19.5. The molecular formula is C21H23N3O5. The largest absolute Gasteiger partial charge is 0.394 e. The second-order valence-electron chi connectivity index (χ2n) is 7.15. The molecule has 4 atom stereocenters. The number of ether oxygens (including phenoxy) is 1. The van der Waals surface area contributed by atoms with Crippen molar-refractivity contribution in [2.45, 2.75) is 30.8 Å². The highest BCUT2D eigenvalue weighted by molar-refractivity contribution is 6.05. The number of imidazole rings is 1.